The van der Waals surface area contributed by atoms with Gasteiger partial charge in [0.2, 0.25) is 5.91 Å². The molecule has 1 N–H and O–H groups in total. The third-order valence-corrected chi connectivity index (χ3v) is 4.93. The molecule has 7 heteroatoms. The zero-order chi connectivity index (χ0) is 17.4. The SMILES string of the molecule is O=C1NC(=O)C(Cc2ccc3oc(Cc4ccc(F)cc4)nc3c2)S1. The number of nitrogens with one attached hydrogen (secondary N) is 1. The van der Waals surface area contributed by atoms with Crippen LogP contribution in [0.25, 0.3) is 11.1 Å². The van der Waals surface area contributed by atoms with E-state index in [2.05, 4.69) is 10.3 Å². The second-order valence-corrected chi connectivity index (χ2v) is 6.98. The molecule has 1 aliphatic heterocycles. The molecular formula is C18H13FN2O3S. The van der Waals surface area contributed by atoms with Crippen molar-refractivity contribution in [3.63, 3.8) is 0 Å². The highest BCUT2D eigenvalue weighted by molar-refractivity contribution is 8.15. The maximum absolute atomic E-state index is 13.0. The summed E-state index contributed by atoms with van der Waals surface area (Å²) in [6, 6.07) is 11.7. The number of oxazole rings is 1. The van der Waals surface area contributed by atoms with E-state index in [1.54, 1.807) is 12.1 Å². The third kappa shape index (κ3) is 3.41. The zero-order valence-electron chi connectivity index (χ0n) is 13.0. The number of benzene rings is 2. The fraction of sp³-hybridized carbons (Fsp3) is 0.167. The molecule has 0 saturated carbocycles. The number of aromatic nitrogens is 1. The van der Waals surface area contributed by atoms with Crippen molar-refractivity contribution >= 4 is 34.0 Å². The fourth-order valence-corrected chi connectivity index (χ4v) is 3.60. The van der Waals surface area contributed by atoms with Gasteiger partial charge in [-0.3, -0.25) is 14.9 Å². The molecule has 126 valence electrons. The number of carbonyl (C=O) groups is 2. The van der Waals surface area contributed by atoms with Crippen molar-refractivity contribution in [2.75, 3.05) is 0 Å². The van der Waals surface area contributed by atoms with Crippen LogP contribution in [0, 0.1) is 5.82 Å². The predicted molar refractivity (Wildman–Crippen MR) is 91.8 cm³/mol. The molecule has 1 aromatic heterocycles. The standard InChI is InChI=1S/C18H13FN2O3S/c19-12-4-1-10(2-5-12)9-16-20-13-7-11(3-6-14(13)24-16)8-15-17(22)21-18(23)25-15/h1-7,15H,8-9H2,(H,21,22,23). The molecule has 0 spiro atoms. The fourth-order valence-electron chi connectivity index (χ4n) is 2.74. The van der Waals surface area contributed by atoms with Gasteiger partial charge in [-0.2, -0.15) is 0 Å². The van der Waals surface area contributed by atoms with Gasteiger partial charge in [-0.25, -0.2) is 9.37 Å². The van der Waals surface area contributed by atoms with E-state index in [-0.39, 0.29) is 17.0 Å². The van der Waals surface area contributed by atoms with Crippen LogP contribution in [0.4, 0.5) is 9.18 Å². The Morgan fingerprint density at radius 1 is 1.12 bits per heavy atom. The maximum Gasteiger partial charge on any atom is 0.286 e. The smallest absolute Gasteiger partial charge is 0.286 e. The maximum atomic E-state index is 13.0. The van der Waals surface area contributed by atoms with Crippen LogP contribution in [-0.4, -0.2) is 21.4 Å². The molecule has 3 aromatic rings. The van der Waals surface area contributed by atoms with Crippen LogP contribution in [0.2, 0.25) is 0 Å². The van der Waals surface area contributed by atoms with E-state index in [9.17, 15) is 14.0 Å². The van der Waals surface area contributed by atoms with Gasteiger partial charge in [0, 0.05) is 6.42 Å². The van der Waals surface area contributed by atoms with Gasteiger partial charge < -0.3 is 4.42 Å². The van der Waals surface area contributed by atoms with Crippen LogP contribution in [0.1, 0.15) is 17.0 Å². The number of hydrogen-bond donors (Lipinski definition) is 1. The highest BCUT2D eigenvalue weighted by Crippen LogP contribution is 2.25. The first-order valence-electron chi connectivity index (χ1n) is 7.71. The van der Waals surface area contributed by atoms with Gasteiger partial charge in [0.25, 0.3) is 5.24 Å². The minimum absolute atomic E-state index is 0.257. The molecule has 0 aliphatic carbocycles. The molecular weight excluding hydrogens is 343 g/mol. The molecule has 1 fully saturated rings. The summed E-state index contributed by atoms with van der Waals surface area (Å²) in [6.07, 6.45) is 0.929. The van der Waals surface area contributed by atoms with Crippen molar-refractivity contribution in [1.29, 1.82) is 0 Å². The summed E-state index contributed by atoms with van der Waals surface area (Å²) in [6.45, 7) is 0. The summed E-state index contributed by atoms with van der Waals surface area (Å²) >= 11 is 1.01. The molecule has 0 radical (unpaired) electrons. The lowest BCUT2D eigenvalue weighted by molar-refractivity contribution is -0.118. The predicted octanol–water partition coefficient (Wildman–Crippen LogP) is 3.45. The number of nitrogens with zero attached hydrogens (tertiary/aromatic N) is 1. The zero-order valence-corrected chi connectivity index (χ0v) is 13.8. The Morgan fingerprint density at radius 2 is 1.88 bits per heavy atom. The monoisotopic (exact) mass is 356 g/mol. The lowest BCUT2D eigenvalue weighted by Crippen LogP contribution is -2.25. The van der Waals surface area contributed by atoms with Crippen LogP contribution in [0.5, 0.6) is 0 Å². The molecule has 5 nitrogen and oxygen atoms in total. The van der Waals surface area contributed by atoms with E-state index in [1.807, 2.05) is 18.2 Å². The second-order valence-electron chi connectivity index (χ2n) is 5.80. The molecule has 1 unspecified atom stereocenters. The summed E-state index contributed by atoms with van der Waals surface area (Å²) in [5.74, 6) is 0.00688. The van der Waals surface area contributed by atoms with Crippen LogP contribution in [0.15, 0.2) is 46.9 Å². The first-order chi connectivity index (χ1) is 12.1. The van der Waals surface area contributed by atoms with Crippen LogP contribution < -0.4 is 5.32 Å². The topological polar surface area (TPSA) is 72.2 Å². The van der Waals surface area contributed by atoms with Gasteiger partial charge in [-0.15, -0.1) is 0 Å². The number of hydrogen-bond acceptors (Lipinski definition) is 5. The van der Waals surface area contributed by atoms with Crippen molar-refractivity contribution in [3.05, 3.63) is 65.3 Å². The van der Waals surface area contributed by atoms with E-state index in [0.717, 1.165) is 22.9 Å². The van der Waals surface area contributed by atoms with Gasteiger partial charge in [0.1, 0.15) is 11.3 Å². The van der Waals surface area contributed by atoms with Gasteiger partial charge >= 0.3 is 0 Å². The van der Waals surface area contributed by atoms with E-state index in [4.69, 9.17) is 4.42 Å². The van der Waals surface area contributed by atoms with Crippen LogP contribution in [-0.2, 0) is 17.6 Å². The number of rotatable bonds is 4. The molecule has 25 heavy (non-hydrogen) atoms. The van der Waals surface area contributed by atoms with Crippen molar-refractivity contribution in [3.8, 4) is 0 Å². The van der Waals surface area contributed by atoms with Crippen LogP contribution in [0.3, 0.4) is 0 Å². The second kappa shape index (κ2) is 6.33. The molecule has 2 aromatic carbocycles. The van der Waals surface area contributed by atoms with Crippen molar-refractivity contribution in [2.45, 2.75) is 18.1 Å². The van der Waals surface area contributed by atoms with Gasteiger partial charge in [-0.05, 0) is 41.8 Å². The molecule has 2 heterocycles. The minimum Gasteiger partial charge on any atom is -0.440 e. The van der Waals surface area contributed by atoms with E-state index < -0.39 is 5.25 Å². The Bertz CT molecular complexity index is 968. The lowest BCUT2D eigenvalue weighted by Gasteiger charge is -2.04. The number of imide groups is 1. The summed E-state index contributed by atoms with van der Waals surface area (Å²) in [5.41, 5.74) is 3.17. The first kappa shape index (κ1) is 15.8. The van der Waals surface area contributed by atoms with Gasteiger partial charge in [-0.1, -0.05) is 30.0 Å². The molecule has 2 amide bonds. The number of fused-ring (bicyclic) bond motifs is 1. The highest BCUT2D eigenvalue weighted by atomic mass is 32.2. The molecule has 4 rings (SSSR count). The highest BCUT2D eigenvalue weighted by Gasteiger charge is 2.31. The Morgan fingerprint density at radius 3 is 2.60 bits per heavy atom. The third-order valence-electron chi connectivity index (χ3n) is 3.95. The van der Waals surface area contributed by atoms with E-state index in [0.29, 0.717) is 29.8 Å². The summed E-state index contributed by atoms with van der Waals surface area (Å²) in [7, 11) is 0. The largest absolute Gasteiger partial charge is 0.440 e. The number of amides is 2. The van der Waals surface area contributed by atoms with Crippen molar-refractivity contribution < 1.29 is 18.4 Å². The number of thioether (sulfide) groups is 1. The molecule has 1 saturated heterocycles. The molecule has 1 aliphatic rings. The normalized spacial score (nSPS) is 17.2. The van der Waals surface area contributed by atoms with E-state index >= 15 is 0 Å². The average Bonchev–Trinajstić information content (AvgIpc) is 3.11. The van der Waals surface area contributed by atoms with Crippen molar-refractivity contribution in [2.24, 2.45) is 0 Å². The molecule has 0 bridgehead atoms. The number of halogens is 1. The summed E-state index contributed by atoms with van der Waals surface area (Å²) in [5, 5.41) is 1.57. The van der Waals surface area contributed by atoms with E-state index in [1.165, 1.54) is 12.1 Å². The Kier molecular flexibility index (Phi) is 4.01. The van der Waals surface area contributed by atoms with Crippen LogP contribution >= 0.6 is 11.8 Å². The van der Waals surface area contributed by atoms with Gasteiger partial charge in [0.05, 0.1) is 5.25 Å². The average molecular weight is 356 g/mol. The lowest BCUT2D eigenvalue weighted by atomic mass is 10.1. The minimum atomic E-state index is -0.407. The molecule has 1 atom stereocenters. The summed E-state index contributed by atoms with van der Waals surface area (Å²) in [4.78, 5) is 27.4. The van der Waals surface area contributed by atoms with Gasteiger partial charge in [0.15, 0.2) is 11.5 Å². The quantitative estimate of drug-likeness (QED) is 0.775. The Labute approximate surface area is 146 Å². The Hall–Kier alpha value is -2.67. The number of carbonyl (C=O) groups excluding carboxylic acids is 2. The Balaban J connectivity index is 1.54. The summed E-state index contributed by atoms with van der Waals surface area (Å²) < 4.78 is 18.7. The first-order valence-corrected chi connectivity index (χ1v) is 8.59. The van der Waals surface area contributed by atoms with Crippen molar-refractivity contribution in [1.82, 2.24) is 10.3 Å².